The first-order valence-corrected chi connectivity index (χ1v) is 4.00. The van der Waals surface area contributed by atoms with Gasteiger partial charge in [0.2, 0.25) is 0 Å². The van der Waals surface area contributed by atoms with Crippen molar-refractivity contribution in [1.29, 1.82) is 0 Å². The predicted molar refractivity (Wildman–Crippen MR) is 46.7 cm³/mol. The lowest BCUT2D eigenvalue weighted by Crippen LogP contribution is -1.88. The highest BCUT2D eigenvalue weighted by atomic mass is 14.0. The van der Waals surface area contributed by atoms with Gasteiger partial charge in [0.15, 0.2) is 0 Å². The summed E-state index contributed by atoms with van der Waals surface area (Å²) in [4.78, 5) is 0. The molecular weight excluding hydrogens is 120 g/mol. The summed E-state index contributed by atoms with van der Waals surface area (Å²) in [5, 5.41) is 0. The van der Waals surface area contributed by atoms with Gasteiger partial charge in [-0.25, -0.2) is 0 Å². The molecule has 1 unspecified atom stereocenters. The van der Waals surface area contributed by atoms with Crippen molar-refractivity contribution in [1.82, 2.24) is 0 Å². The topological polar surface area (TPSA) is 0 Å². The standard InChI is InChI=1S/C10H17/c1-4-6-7-9-10(3)8-5-2/h8,10H,2-4,6-7,9H2,1H3. The van der Waals surface area contributed by atoms with Crippen LogP contribution in [0.4, 0.5) is 0 Å². The molecule has 0 amide bonds. The zero-order valence-corrected chi connectivity index (χ0v) is 6.90. The van der Waals surface area contributed by atoms with Crippen LogP contribution in [-0.2, 0) is 0 Å². The molecular formula is C10H17. The van der Waals surface area contributed by atoms with Gasteiger partial charge in [0.25, 0.3) is 0 Å². The van der Waals surface area contributed by atoms with Crippen LogP contribution < -0.4 is 0 Å². The van der Waals surface area contributed by atoms with Gasteiger partial charge < -0.3 is 0 Å². The molecule has 0 nitrogen and oxygen atoms in total. The molecule has 0 aromatic heterocycles. The summed E-state index contributed by atoms with van der Waals surface area (Å²) < 4.78 is 0. The van der Waals surface area contributed by atoms with Crippen molar-refractivity contribution < 1.29 is 0 Å². The van der Waals surface area contributed by atoms with Crippen molar-refractivity contribution in [2.45, 2.75) is 32.6 Å². The average Bonchev–Trinajstić information content (AvgIpc) is 1.89. The van der Waals surface area contributed by atoms with Gasteiger partial charge in [-0.05, 0) is 25.3 Å². The van der Waals surface area contributed by atoms with Gasteiger partial charge in [-0.3, -0.25) is 0 Å². The number of hydrogen-bond donors (Lipinski definition) is 0. The molecule has 0 aromatic carbocycles. The predicted octanol–water partition coefficient (Wildman–Crippen LogP) is 3.36. The molecule has 0 rings (SSSR count). The van der Waals surface area contributed by atoms with Crippen molar-refractivity contribution in [3.8, 4) is 0 Å². The normalized spacial score (nSPS) is 12.2. The summed E-state index contributed by atoms with van der Waals surface area (Å²) in [6, 6.07) is 0. The van der Waals surface area contributed by atoms with Crippen LogP contribution in [0.3, 0.4) is 0 Å². The van der Waals surface area contributed by atoms with Crippen LogP contribution in [0.5, 0.6) is 0 Å². The Kier molecular flexibility index (Phi) is 6.32. The molecule has 57 valence electrons. The smallest absolute Gasteiger partial charge is 0.0157 e. The van der Waals surface area contributed by atoms with Crippen molar-refractivity contribution in [2.24, 2.45) is 5.92 Å². The third-order valence-corrected chi connectivity index (χ3v) is 1.53. The van der Waals surface area contributed by atoms with Crippen LogP contribution in [-0.4, -0.2) is 0 Å². The SMILES string of the molecule is [CH2]C(C=C=C)CCCCC. The van der Waals surface area contributed by atoms with Crippen molar-refractivity contribution in [2.75, 3.05) is 0 Å². The first kappa shape index (κ1) is 9.52. The average molecular weight is 137 g/mol. The number of rotatable bonds is 5. The first-order chi connectivity index (χ1) is 4.81. The van der Waals surface area contributed by atoms with E-state index >= 15 is 0 Å². The minimum absolute atomic E-state index is 0.420. The van der Waals surface area contributed by atoms with Crippen LogP contribution in [0.15, 0.2) is 18.4 Å². The van der Waals surface area contributed by atoms with Crippen LogP contribution in [0.1, 0.15) is 32.6 Å². The van der Waals surface area contributed by atoms with Crippen LogP contribution in [0, 0.1) is 12.8 Å². The van der Waals surface area contributed by atoms with Gasteiger partial charge in [-0.1, -0.05) is 32.8 Å². The second-order valence-corrected chi connectivity index (χ2v) is 2.63. The fraction of sp³-hybridized carbons (Fsp3) is 0.600. The van der Waals surface area contributed by atoms with Crippen molar-refractivity contribution in [3.05, 3.63) is 25.3 Å². The molecule has 10 heavy (non-hydrogen) atoms. The van der Waals surface area contributed by atoms with E-state index in [0.717, 1.165) is 0 Å². The van der Waals surface area contributed by atoms with E-state index in [4.69, 9.17) is 0 Å². The number of allylic oxidation sites excluding steroid dienone is 1. The Bertz CT molecular complexity index is 107. The zero-order chi connectivity index (χ0) is 7.82. The largest absolute Gasteiger partial charge is 0.133 e. The van der Waals surface area contributed by atoms with Crippen LogP contribution in [0.2, 0.25) is 0 Å². The molecule has 1 radical (unpaired) electrons. The van der Waals surface area contributed by atoms with E-state index < -0.39 is 0 Å². The molecule has 0 spiro atoms. The number of hydrogen-bond acceptors (Lipinski definition) is 0. The molecule has 1 atom stereocenters. The molecule has 0 saturated heterocycles. The lowest BCUT2D eigenvalue weighted by molar-refractivity contribution is 0.609. The summed E-state index contributed by atoms with van der Waals surface area (Å²) in [5.74, 6) is 0.420. The molecule has 0 aliphatic rings. The Morgan fingerprint density at radius 3 is 2.70 bits per heavy atom. The highest BCUT2D eigenvalue weighted by molar-refractivity contribution is 4.85. The van der Waals surface area contributed by atoms with E-state index in [1.165, 1.54) is 25.7 Å². The third kappa shape index (κ3) is 5.65. The minimum atomic E-state index is 0.420. The zero-order valence-electron chi connectivity index (χ0n) is 6.90. The molecule has 0 heteroatoms. The van der Waals surface area contributed by atoms with Gasteiger partial charge in [-0.15, -0.1) is 5.73 Å². The molecule has 0 aromatic rings. The lowest BCUT2D eigenvalue weighted by Gasteiger charge is -2.01. The molecule has 0 saturated carbocycles. The van der Waals surface area contributed by atoms with Gasteiger partial charge in [0.05, 0.1) is 0 Å². The monoisotopic (exact) mass is 137 g/mol. The van der Waals surface area contributed by atoms with Gasteiger partial charge in [0.1, 0.15) is 0 Å². The molecule has 0 heterocycles. The van der Waals surface area contributed by atoms with E-state index in [1.54, 1.807) is 0 Å². The first-order valence-electron chi connectivity index (χ1n) is 4.00. The molecule has 0 fully saturated rings. The summed E-state index contributed by atoms with van der Waals surface area (Å²) >= 11 is 0. The Hall–Kier alpha value is -0.480. The molecule has 0 N–H and O–H groups in total. The van der Waals surface area contributed by atoms with E-state index in [9.17, 15) is 0 Å². The summed E-state index contributed by atoms with van der Waals surface area (Å²) in [7, 11) is 0. The summed E-state index contributed by atoms with van der Waals surface area (Å²) in [5.41, 5.74) is 2.76. The molecule has 0 aliphatic carbocycles. The number of unbranched alkanes of at least 4 members (excludes halogenated alkanes) is 2. The Labute approximate surface area is 64.6 Å². The maximum Gasteiger partial charge on any atom is -0.0157 e. The lowest BCUT2D eigenvalue weighted by atomic mass is 10.0. The Morgan fingerprint density at radius 2 is 2.20 bits per heavy atom. The summed E-state index contributed by atoms with van der Waals surface area (Å²) in [6.45, 7) is 9.66. The maximum absolute atomic E-state index is 3.94. The van der Waals surface area contributed by atoms with Crippen molar-refractivity contribution >= 4 is 0 Å². The second kappa shape index (κ2) is 6.64. The fourth-order valence-electron chi connectivity index (χ4n) is 0.907. The van der Waals surface area contributed by atoms with E-state index in [-0.39, 0.29) is 0 Å². The Morgan fingerprint density at radius 1 is 1.50 bits per heavy atom. The van der Waals surface area contributed by atoms with E-state index in [0.29, 0.717) is 5.92 Å². The highest BCUT2D eigenvalue weighted by Gasteiger charge is 1.94. The van der Waals surface area contributed by atoms with Gasteiger partial charge in [0, 0.05) is 0 Å². The van der Waals surface area contributed by atoms with E-state index in [1.807, 2.05) is 6.08 Å². The van der Waals surface area contributed by atoms with Gasteiger partial charge in [-0.2, -0.15) is 0 Å². The van der Waals surface area contributed by atoms with Gasteiger partial charge >= 0.3 is 0 Å². The van der Waals surface area contributed by atoms with Crippen LogP contribution >= 0.6 is 0 Å². The Balaban J connectivity index is 3.21. The van der Waals surface area contributed by atoms with Crippen molar-refractivity contribution in [3.63, 3.8) is 0 Å². The quantitative estimate of drug-likeness (QED) is 0.402. The second-order valence-electron chi connectivity index (χ2n) is 2.63. The third-order valence-electron chi connectivity index (χ3n) is 1.53. The van der Waals surface area contributed by atoms with Crippen LogP contribution in [0.25, 0.3) is 0 Å². The van der Waals surface area contributed by atoms with E-state index in [2.05, 4.69) is 26.2 Å². The summed E-state index contributed by atoms with van der Waals surface area (Å²) in [6.07, 6.45) is 7.00. The molecule has 0 aliphatic heterocycles. The maximum atomic E-state index is 3.94. The molecule has 0 bridgehead atoms. The highest BCUT2D eigenvalue weighted by Crippen LogP contribution is 2.08. The minimum Gasteiger partial charge on any atom is -0.133 e. The fourth-order valence-corrected chi connectivity index (χ4v) is 0.907.